The average Bonchev–Trinajstić information content (AvgIpc) is 2.82. The molecule has 35 heavy (non-hydrogen) atoms. The lowest BCUT2D eigenvalue weighted by Crippen LogP contribution is -2.66. The van der Waals surface area contributed by atoms with Crippen molar-refractivity contribution in [1.29, 1.82) is 0 Å². The molecule has 1 saturated heterocycles. The van der Waals surface area contributed by atoms with Crippen molar-refractivity contribution >= 4 is 11.8 Å². The number of aliphatic hydroxyl groups excluding tert-OH is 1. The van der Waals surface area contributed by atoms with E-state index < -0.39 is 35.0 Å². The van der Waals surface area contributed by atoms with E-state index in [0.717, 1.165) is 0 Å². The highest BCUT2D eigenvalue weighted by atomic mass is 19.4. The summed E-state index contributed by atoms with van der Waals surface area (Å²) in [6.45, 7) is -0.204. The van der Waals surface area contributed by atoms with Gasteiger partial charge in [-0.15, -0.1) is 0 Å². The molecule has 4 fully saturated rings. The molecule has 7 nitrogen and oxygen atoms in total. The van der Waals surface area contributed by atoms with Crippen molar-refractivity contribution in [2.24, 2.45) is 11.3 Å². The lowest BCUT2D eigenvalue weighted by Gasteiger charge is -2.55. The van der Waals surface area contributed by atoms with Crippen molar-refractivity contribution in [2.75, 3.05) is 19.7 Å². The van der Waals surface area contributed by atoms with E-state index in [1.54, 1.807) is 0 Å². The van der Waals surface area contributed by atoms with Gasteiger partial charge in [-0.3, -0.25) is 9.59 Å². The number of carbonyl (C=O) groups is 2. The number of benzene rings is 1. The fourth-order valence-corrected chi connectivity index (χ4v) is 5.60. The molecule has 3 saturated carbocycles. The molecule has 1 aromatic carbocycles. The molecule has 5 rings (SSSR count). The number of hydrogen-bond acceptors (Lipinski definition) is 5. The quantitative estimate of drug-likeness (QED) is 0.430. The Kier molecular flexibility index (Phi) is 7.28. The molecule has 1 aromatic rings. The molecule has 2 amide bonds. The van der Waals surface area contributed by atoms with E-state index in [2.05, 4.69) is 16.0 Å². The predicted octanol–water partition coefficient (Wildman–Crippen LogP) is 2.43. The van der Waals surface area contributed by atoms with Crippen LogP contribution >= 0.6 is 0 Å². The molecule has 0 radical (unpaired) electrons. The number of halogens is 4. The lowest BCUT2D eigenvalue weighted by molar-refractivity contribution is -0.179. The van der Waals surface area contributed by atoms with Gasteiger partial charge in [-0.2, -0.15) is 13.2 Å². The number of nitrogens with one attached hydrogen (secondary N) is 3. The maximum atomic E-state index is 13.0. The van der Waals surface area contributed by atoms with E-state index in [1.165, 1.54) is 24.3 Å². The molecule has 1 heterocycles. The highest BCUT2D eigenvalue weighted by Gasteiger charge is 2.58. The van der Waals surface area contributed by atoms with Gasteiger partial charge in [0.15, 0.2) is 6.61 Å². The van der Waals surface area contributed by atoms with Crippen LogP contribution in [0.25, 0.3) is 0 Å². The van der Waals surface area contributed by atoms with Crippen LogP contribution in [0.5, 0.6) is 5.75 Å². The molecule has 0 spiro atoms. The smallest absolute Gasteiger partial charge is 0.393 e. The zero-order chi connectivity index (χ0) is 25.3. The summed E-state index contributed by atoms with van der Waals surface area (Å²) in [5.74, 6) is -2.05. The van der Waals surface area contributed by atoms with E-state index >= 15 is 0 Å². The molecule has 1 aliphatic heterocycles. The number of piperidine rings is 1. The van der Waals surface area contributed by atoms with Crippen molar-refractivity contribution in [3.8, 4) is 5.75 Å². The van der Waals surface area contributed by atoms with Gasteiger partial charge < -0.3 is 25.8 Å². The van der Waals surface area contributed by atoms with Gasteiger partial charge in [0, 0.05) is 24.7 Å². The lowest BCUT2D eigenvalue weighted by atomic mass is 9.55. The number of amides is 2. The highest BCUT2D eigenvalue weighted by Crippen LogP contribution is 2.52. The highest BCUT2D eigenvalue weighted by molar-refractivity contribution is 5.84. The Morgan fingerprint density at radius 3 is 2.37 bits per heavy atom. The first-order chi connectivity index (χ1) is 16.5. The third-order valence-electron chi connectivity index (χ3n) is 7.85. The largest absolute Gasteiger partial charge is 0.484 e. The van der Waals surface area contributed by atoms with Gasteiger partial charge in [0.25, 0.3) is 5.91 Å². The minimum absolute atomic E-state index is 0.0257. The molecule has 3 aliphatic carbocycles. The summed E-state index contributed by atoms with van der Waals surface area (Å²) >= 11 is 0. The van der Waals surface area contributed by atoms with E-state index in [0.29, 0.717) is 37.9 Å². The maximum absolute atomic E-state index is 13.0. The first-order valence-electron chi connectivity index (χ1n) is 12.0. The number of ether oxygens (including phenoxy) is 1. The Hall–Kier alpha value is -2.40. The normalized spacial score (nSPS) is 32.7. The van der Waals surface area contributed by atoms with Gasteiger partial charge in [-0.05, 0) is 69.2 Å². The molecule has 194 valence electrons. The van der Waals surface area contributed by atoms with Crippen LogP contribution in [0.3, 0.4) is 0 Å². The fraction of sp³-hybridized carbons (Fsp3) is 0.667. The fourth-order valence-electron chi connectivity index (χ4n) is 5.60. The maximum Gasteiger partial charge on any atom is 0.393 e. The number of aliphatic hydroxyl groups is 1. The Balaban J connectivity index is 1.25. The molecule has 4 N–H and O–H groups in total. The summed E-state index contributed by atoms with van der Waals surface area (Å²) in [4.78, 5) is 25.5. The molecular weight excluding hydrogens is 470 g/mol. The van der Waals surface area contributed by atoms with Crippen molar-refractivity contribution in [3.63, 3.8) is 0 Å². The van der Waals surface area contributed by atoms with E-state index in [-0.39, 0.29) is 50.4 Å². The van der Waals surface area contributed by atoms with Crippen LogP contribution in [0.15, 0.2) is 24.3 Å². The third-order valence-corrected chi connectivity index (χ3v) is 7.85. The van der Waals surface area contributed by atoms with E-state index in [4.69, 9.17) is 4.74 Å². The summed E-state index contributed by atoms with van der Waals surface area (Å²) in [5, 5.41) is 19.5. The zero-order valence-corrected chi connectivity index (χ0v) is 19.3. The van der Waals surface area contributed by atoms with Gasteiger partial charge in [-0.25, -0.2) is 4.39 Å². The van der Waals surface area contributed by atoms with Crippen LogP contribution < -0.4 is 20.7 Å². The predicted molar refractivity (Wildman–Crippen MR) is 118 cm³/mol. The minimum atomic E-state index is -4.22. The van der Waals surface area contributed by atoms with Crippen LogP contribution in [-0.2, 0) is 9.59 Å². The number of carbonyl (C=O) groups excluding carboxylic acids is 2. The molecule has 0 aromatic heterocycles. The van der Waals surface area contributed by atoms with Gasteiger partial charge in [-0.1, -0.05) is 0 Å². The molecule has 3 unspecified atom stereocenters. The van der Waals surface area contributed by atoms with Gasteiger partial charge >= 0.3 is 6.18 Å². The minimum Gasteiger partial charge on any atom is -0.484 e. The Morgan fingerprint density at radius 2 is 1.80 bits per heavy atom. The van der Waals surface area contributed by atoms with Crippen LogP contribution in [0.4, 0.5) is 17.6 Å². The SMILES string of the molecule is O=C(COc1ccc(F)cc1)NC12CCC(C(=O)NCC3CCC(C(F)(F)F)CN3)(CC1)C(O)C2. The van der Waals surface area contributed by atoms with E-state index in [9.17, 15) is 32.3 Å². The number of fused-ring (bicyclic) bond motifs is 3. The summed E-state index contributed by atoms with van der Waals surface area (Å²) in [6, 6.07) is 5.09. The average molecular weight is 502 g/mol. The molecule has 2 bridgehead atoms. The monoisotopic (exact) mass is 501 g/mol. The zero-order valence-electron chi connectivity index (χ0n) is 19.3. The van der Waals surface area contributed by atoms with Gasteiger partial charge in [0.2, 0.25) is 5.91 Å². The van der Waals surface area contributed by atoms with Crippen molar-refractivity contribution < 1.29 is 37.0 Å². The van der Waals surface area contributed by atoms with Crippen LogP contribution in [0.1, 0.15) is 44.9 Å². The second kappa shape index (κ2) is 9.93. The van der Waals surface area contributed by atoms with Gasteiger partial charge in [0.05, 0.1) is 17.4 Å². The molecule has 11 heteroatoms. The molecule has 3 atom stereocenters. The topological polar surface area (TPSA) is 99.7 Å². The van der Waals surface area contributed by atoms with Gasteiger partial charge in [0.1, 0.15) is 11.6 Å². The second-order valence-corrected chi connectivity index (χ2v) is 10.1. The van der Waals surface area contributed by atoms with Crippen molar-refractivity contribution in [2.45, 2.75) is 68.8 Å². The van der Waals surface area contributed by atoms with Crippen molar-refractivity contribution in [1.82, 2.24) is 16.0 Å². The van der Waals surface area contributed by atoms with E-state index in [1.807, 2.05) is 0 Å². The number of alkyl halides is 3. The van der Waals surface area contributed by atoms with Crippen LogP contribution in [0, 0.1) is 17.2 Å². The molecule has 4 aliphatic rings. The molecular formula is C24H31F4N3O4. The number of rotatable bonds is 7. The first kappa shape index (κ1) is 25.7. The first-order valence-corrected chi connectivity index (χ1v) is 12.0. The van der Waals surface area contributed by atoms with Crippen LogP contribution in [-0.4, -0.2) is 60.5 Å². The number of hydrogen-bond donors (Lipinski definition) is 4. The summed E-state index contributed by atoms with van der Waals surface area (Å²) in [5.41, 5.74) is -1.58. The summed E-state index contributed by atoms with van der Waals surface area (Å²) in [7, 11) is 0. The summed E-state index contributed by atoms with van der Waals surface area (Å²) in [6.07, 6.45) is -2.75. The Bertz CT molecular complexity index is 908. The Labute approximate surface area is 201 Å². The van der Waals surface area contributed by atoms with Crippen molar-refractivity contribution in [3.05, 3.63) is 30.1 Å². The Morgan fingerprint density at radius 1 is 1.11 bits per heavy atom. The second-order valence-electron chi connectivity index (χ2n) is 10.1. The third kappa shape index (κ3) is 5.72. The summed E-state index contributed by atoms with van der Waals surface area (Å²) < 4.78 is 56.9. The van der Waals surface area contributed by atoms with Crippen LogP contribution in [0.2, 0.25) is 0 Å². The standard InChI is InChI=1S/C24H31F4N3O4/c25-16-2-5-18(6-3-16)35-14-20(33)31-22-7-9-23(10-8-22,19(32)11-22)21(34)30-13-17-4-1-15(12-29-17)24(26,27)28/h2-3,5-6,15,17,19,29,32H,1,4,7-14H2,(H,30,34)(H,31,33).